The van der Waals surface area contributed by atoms with Gasteiger partial charge in [-0.2, -0.15) is 0 Å². The predicted molar refractivity (Wildman–Crippen MR) is 142 cm³/mol. The summed E-state index contributed by atoms with van der Waals surface area (Å²) in [6.45, 7) is 2.21. The minimum absolute atomic E-state index is 1.04. The average Bonchev–Trinajstić information content (AvgIpc) is 3.31. The molecule has 0 heteroatoms. The van der Waals surface area contributed by atoms with E-state index in [4.69, 9.17) is 0 Å². The summed E-state index contributed by atoms with van der Waals surface area (Å²) in [5.74, 6) is 0. The molecule has 0 unspecified atom stereocenters. The first kappa shape index (κ1) is 21.5. The summed E-state index contributed by atoms with van der Waals surface area (Å²) in [4.78, 5) is 0. The molecule has 0 atom stereocenters. The number of hydrogen-bond acceptors (Lipinski definition) is 0. The lowest BCUT2D eigenvalue weighted by Crippen LogP contribution is -1.94. The third-order valence-corrected chi connectivity index (χ3v) is 6.90. The molecule has 0 fully saturated rings. The van der Waals surface area contributed by atoms with Gasteiger partial charge in [0.05, 0.1) is 0 Å². The van der Waals surface area contributed by atoms with E-state index in [1.807, 2.05) is 0 Å². The normalized spacial score (nSPS) is 12.5. The molecule has 164 valence electrons. The molecule has 0 amide bonds. The standard InChI is InChI=1S/C33H32/c1-2-25-11-13-27(14-12-25)16-18-29-19-20-31-23-33(24-32(31)22-29)30-10-6-9-28(21-30)17-15-26-7-4-3-5-8-26/h3-14,19-22,24H,2,15-18,23H2,1H3. The monoisotopic (exact) mass is 428 g/mol. The lowest BCUT2D eigenvalue weighted by Gasteiger charge is -2.07. The van der Waals surface area contributed by atoms with Gasteiger partial charge in [-0.25, -0.2) is 0 Å². The van der Waals surface area contributed by atoms with E-state index in [9.17, 15) is 0 Å². The van der Waals surface area contributed by atoms with Crippen molar-refractivity contribution in [1.82, 2.24) is 0 Å². The summed E-state index contributed by atoms with van der Waals surface area (Å²) >= 11 is 0. The van der Waals surface area contributed by atoms with Crippen molar-refractivity contribution in [2.75, 3.05) is 0 Å². The molecule has 1 aliphatic carbocycles. The van der Waals surface area contributed by atoms with Gasteiger partial charge in [0.1, 0.15) is 0 Å². The average molecular weight is 429 g/mol. The number of hydrogen-bond donors (Lipinski definition) is 0. The van der Waals surface area contributed by atoms with Crippen molar-refractivity contribution < 1.29 is 0 Å². The molecule has 0 aliphatic heterocycles. The summed E-state index contributed by atoms with van der Waals surface area (Å²) in [6, 6.07) is 36.1. The van der Waals surface area contributed by atoms with Crippen molar-refractivity contribution in [2.24, 2.45) is 0 Å². The number of fused-ring (bicyclic) bond motifs is 1. The molecule has 0 saturated carbocycles. The molecule has 0 saturated heterocycles. The summed E-state index contributed by atoms with van der Waals surface area (Å²) in [5.41, 5.74) is 12.8. The first-order valence-corrected chi connectivity index (χ1v) is 12.3. The van der Waals surface area contributed by atoms with Crippen LogP contribution in [0.4, 0.5) is 0 Å². The second-order valence-electron chi connectivity index (χ2n) is 9.24. The van der Waals surface area contributed by atoms with Crippen LogP contribution < -0.4 is 0 Å². The summed E-state index contributed by atoms with van der Waals surface area (Å²) in [5, 5.41) is 0. The van der Waals surface area contributed by atoms with Crippen LogP contribution in [-0.2, 0) is 38.5 Å². The molecular weight excluding hydrogens is 396 g/mol. The van der Waals surface area contributed by atoms with Crippen molar-refractivity contribution in [3.05, 3.63) is 142 Å². The van der Waals surface area contributed by atoms with Gasteiger partial charge in [0.2, 0.25) is 0 Å². The van der Waals surface area contributed by atoms with Gasteiger partial charge in [0.15, 0.2) is 0 Å². The lowest BCUT2D eigenvalue weighted by molar-refractivity contribution is 0.955. The van der Waals surface area contributed by atoms with Crippen molar-refractivity contribution in [1.29, 1.82) is 0 Å². The molecule has 0 bridgehead atoms. The molecule has 33 heavy (non-hydrogen) atoms. The maximum absolute atomic E-state index is 2.41. The van der Waals surface area contributed by atoms with Crippen molar-refractivity contribution in [2.45, 2.75) is 45.4 Å². The zero-order valence-electron chi connectivity index (χ0n) is 19.6. The van der Waals surface area contributed by atoms with Crippen LogP contribution in [0.3, 0.4) is 0 Å². The first-order valence-electron chi connectivity index (χ1n) is 12.3. The Morgan fingerprint density at radius 2 is 1.15 bits per heavy atom. The van der Waals surface area contributed by atoms with Crippen molar-refractivity contribution in [3.8, 4) is 0 Å². The quantitative estimate of drug-likeness (QED) is 0.267. The maximum atomic E-state index is 2.41. The second kappa shape index (κ2) is 10.0. The van der Waals surface area contributed by atoms with Crippen LogP contribution in [0.25, 0.3) is 11.6 Å². The molecule has 0 N–H and O–H groups in total. The third-order valence-electron chi connectivity index (χ3n) is 6.90. The molecule has 0 heterocycles. The maximum Gasteiger partial charge on any atom is -0.00137 e. The fraction of sp³-hybridized carbons (Fsp3) is 0.212. The molecule has 0 radical (unpaired) electrons. The van der Waals surface area contributed by atoms with Gasteiger partial charge in [0, 0.05) is 0 Å². The third kappa shape index (κ3) is 5.34. The van der Waals surface area contributed by atoms with Crippen LogP contribution in [0.5, 0.6) is 0 Å². The molecule has 0 nitrogen and oxygen atoms in total. The van der Waals surface area contributed by atoms with Crippen molar-refractivity contribution >= 4 is 11.6 Å². The van der Waals surface area contributed by atoms with Gasteiger partial charge in [-0.05, 0) is 88.6 Å². The summed E-state index contributed by atoms with van der Waals surface area (Å²) in [7, 11) is 0. The minimum atomic E-state index is 1.04. The van der Waals surface area contributed by atoms with E-state index in [1.54, 1.807) is 0 Å². The van der Waals surface area contributed by atoms with E-state index >= 15 is 0 Å². The zero-order chi connectivity index (χ0) is 22.5. The Hall–Kier alpha value is -3.38. The smallest absolute Gasteiger partial charge is 0.00137 e. The Labute approximate surface area is 198 Å². The summed E-state index contributed by atoms with van der Waals surface area (Å²) < 4.78 is 0. The van der Waals surface area contributed by atoms with Crippen LogP contribution in [0.2, 0.25) is 0 Å². The van der Waals surface area contributed by atoms with Gasteiger partial charge in [-0.3, -0.25) is 0 Å². The number of benzene rings is 4. The zero-order valence-corrected chi connectivity index (χ0v) is 19.6. The fourth-order valence-electron chi connectivity index (χ4n) is 4.81. The van der Waals surface area contributed by atoms with Gasteiger partial charge < -0.3 is 0 Å². The van der Waals surface area contributed by atoms with E-state index in [-0.39, 0.29) is 0 Å². The molecule has 4 aromatic carbocycles. The molecular formula is C33H32. The highest BCUT2D eigenvalue weighted by atomic mass is 14.2. The van der Waals surface area contributed by atoms with E-state index in [1.165, 1.54) is 50.1 Å². The molecule has 5 rings (SSSR count). The van der Waals surface area contributed by atoms with Gasteiger partial charge in [0.25, 0.3) is 0 Å². The Kier molecular flexibility index (Phi) is 6.53. The molecule has 0 spiro atoms. The second-order valence-corrected chi connectivity index (χ2v) is 9.24. The van der Waals surface area contributed by atoms with E-state index in [0.29, 0.717) is 0 Å². The molecule has 1 aliphatic rings. The van der Waals surface area contributed by atoms with Crippen LogP contribution in [0, 0.1) is 0 Å². The minimum Gasteiger partial charge on any atom is -0.0622 e. The van der Waals surface area contributed by atoms with Gasteiger partial charge >= 0.3 is 0 Å². The Balaban J connectivity index is 1.25. The topological polar surface area (TPSA) is 0 Å². The highest BCUT2D eigenvalue weighted by Gasteiger charge is 2.15. The first-order chi connectivity index (χ1) is 16.3. The summed E-state index contributed by atoms with van der Waals surface area (Å²) in [6.07, 6.45) is 8.92. The Morgan fingerprint density at radius 3 is 1.91 bits per heavy atom. The highest BCUT2D eigenvalue weighted by molar-refractivity contribution is 5.88. The van der Waals surface area contributed by atoms with E-state index in [2.05, 4.69) is 110 Å². The van der Waals surface area contributed by atoms with E-state index < -0.39 is 0 Å². The van der Waals surface area contributed by atoms with Crippen LogP contribution in [0.15, 0.2) is 97.1 Å². The Bertz CT molecular complexity index is 1240. The number of allylic oxidation sites excluding steroid dienone is 1. The number of aryl methyl sites for hydroxylation is 5. The van der Waals surface area contributed by atoms with Gasteiger partial charge in [-0.15, -0.1) is 0 Å². The van der Waals surface area contributed by atoms with E-state index in [0.717, 1.165) is 38.5 Å². The van der Waals surface area contributed by atoms with Crippen LogP contribution in [0.1, 0.15) is 51.4 Å². The fourth-order valence-corrected chi connectivity index (χ4v) is 4.81. The largest absolute Gasteiger partial charge is 0.0622 e. The van der Waals surface area contributed by atoms with Gasteiger partial charge in [-0.1, -0.05) is 110 Å². The Morgan fingerprint density at radius 1 is 0.545 bits per heavy atom. The SMILES string of the molecule is CCc1ccc(CCc2ccc3c(c2)C=C(c2cccc(CCc4ccccc4)c2)C3)cc1. The van der Waals surface area contributed by atoms with Crippen LogP contribution in [-0.4, -0.2) is 0 Å². The highest BCUT2D eigenvalue weighted by Crippen LogP contribution is 2.33. The predicted octanol–water partition coefficient (Wildman–Crippen LogP) is 7.92. The van der Waals surface area contributed by atoms with Crippen LogP contribution >= 0.6 is 0 Å². The lowest BCUT2D eigenvalue weighted by atomic mass is 9.98. The van der Waals surface area contributed by atoms with Crippen molar-refractivity contribution in [3.63, 3.8) is 0 Å². The number of rotatable bonds is 8. The molecule has 4 aromatic rings. The molecule has 0 aromatic heterocycles.